The lowest BCUT2D eigenvalue weighted by Crippen LogP contribution is -2.45. The van der Waals surface area contributed by atoms with E-state index in [9.17, 15) is 0 Å². The van der Waals surface area contributed by atoms with Crippen molar-refractivity contribution in [3.63, 3.8) is 0 Å². The highest BCUT2D eigenvalue weighted by atomic mass is 35.6. The summed E-state index contributed by atoms with van der Waals surface area (Å²) in [5, 5.41) is 4.95. The second-order valence-corrected chi connectivity index (χ2v) is 9.08. The van der Waals surface area contributed by atoms with E-state index in [-0.39, 0.29) is 5.71 Å². The molecule has 1 aromatic carbocycles. The number of benzene rings is 1. The summed E-state index contributed by atoms with van der Waals surface area (Å²) in [5.74, 6) is 0.759. The largest absolute Gasteiger partial charge is 0.497 e. The van der Waals surface area contributed by atoms with Crippen molar-refractivity contribution in [3.05, 3.63) is 47.7 Å². The zero-order valence-electron chi connectivity index (χ0n) is 12.1. The van der Waals surface area contributed by atoms with Crippen molar-refractivity contribution < 1.29 is 4.74 Å². The summed E-state index contributed by atoms with van der Waals surface area (Å²) in [4.78, 5) is 0. The van der Waals surface area contributed by atoms with Gasteiger partial charge >= 0.3 is 3.92 Å². The number of allylic oxidation sites excluding steroid dienone is 2. The Kier molecular flexibility index (Phi) is 6.46. The van der Waals surface area contributed by atoms with Crippen molar-refractivity contribution in [1.82, 2.24) is 10.5 Å². The smallest absolute Gasteiger partial charge is 0.301 e. The average molecular weight is 450 g/mol. The van der Waals surface area contributed by atoms with Gasteiger partial charge in [0.05, 0.1) is 12.8 Å². The number of alkyl halides is 6. The number of nitrogens with zero attached hydrogens (tertiary/aromatic N) is 2. The summed E-state index contributed by atoms with van der Waals surface area (Å²) in [7, 11) is 1.60. The Morgan fingerprint density at radius 1 is 1.04 bits per heavy atom. The molecular weight excluding hydrogens is 439 g/mol. The van der Waals surface area contributed by atoms with Gasteiger partial charge in [-0.05, 0) is 29.8 Å². The molecule has 0 aromatic heterocycles. The Labute approximate surface area is 169 Å². The zero-order valence-corrected chi connectivity index (χ0v) is 16.6. The second-order valence-electron chi connectivity index (χ2n) is 4.58. The van der Waals surface area contributed by atoms with Crippen LogP contribution in [0.25, 0.3) is 6.08 Å². The Morgan fingerprint density at radius 3 is 2.17 bits per heavy atom. The SMILES string of the molecule is COc1ccc(C=CC2=CC(C(Cl)(Cl)Cl)=NN(C(Cl)(Cl)Cl)N2)cc1. The molecular formula is C14H11Cl6N3O. The summed E-state index contributed by atoms with van der Waals surface area (Å²) in [5.41, 5.74) is 4.37. The number of hydrazone groups is 1. The lowest BCUT2D eigenvalue weighted by molar-refractivity contribution is 0.221. The molecule has 0 atom stereocenters. The van der Waals surface area contributed by atoms with Gasteiger partial charge < -0.3 is 4.74 Å². The van der Waals surface area contributed by atoms with Crippen LogP contribution in [-0.4, -0.2) is 25.6 Å². The van der Waals surface area contributed by atoms with Gasteiger partial charge in [-0.25, -0.2) is 0 Å². The van der Waals surface area contributed by atoms with Crippen LogP contribution in [0.4, 0.5) is 0 Å². The van der Waals surface area contributed by atoms with Gasteiger partial charge in [-0.15, -0.1) is 0 Å². The van der Waals surface area contributed by atoms with Crippen LogP contribution in [0.1, 0.15) is 5.56 Å². The Balaban J connectivity index is 2.25. The van der Waals surface area contributed by atoms with E-state index in [0.29, 0.717) is 5.70 Å². The summed E-state index contributed by atoms with van der Waals surface area (Å²) in [6, 6.07) is 7.44. The third kappa shape index (κ3) is 5.51. The molecule has 0 amide bonds. The molecule has 1 aromatic rings. The first-order valence-electron chi connectivity index (χ1n) is 6.43. The van der Waals surface area contributed by atoms with Crippen molar-refractivity contribution in [3.8, 4) is 5.75 Å². The van der Waals surface area contributed by atoms with Crippen LogP contribution in [0, 0.1) is 0 Å². The van der Waals surface area contributed by atoms with Crippen LogP contribution >= 0.6 is 69.6 Å². The van der Waals surface area contributed by atoms with Gasteiger partial charge in [-0.1, -0.05) is 87.8 Å². The third-order valence-electron chi connectivity index (χ3n) is 2.84. The van der Waals surface area contributed by atoms with E-state index in [1.54, 1.807) is 19.3 Å². The molecule has 0 bridgehead atoms. The van der Waals surface area contributed by atoms with E-state index in [2.05, 4.69) is 10.5 Å². The van der Waals surface area contributed by atoms with Crippen LogP contribution in [-0.2, 0) is 0 Å². The number of methoxy groups -OCH3 is 1. The van der Waals surface area contributed by atoms with Gasteiger partial charge in [-0.3, -0.25) is 5.43 Å². The van der Waals surface area contributed by atoms with E-state index in [1.807, 2.05) is 30.3 Å². The summed E-state index contributed by atoms with van der Waals surface area (Å²) in [6.07, 6.45) is 5.10. The molecule has 1 heterocycles. The molecule has 1 aliphatic heterocycles. The van der Waals surface area contributed by atoms with Crippen LogP contribution in [0.3, 0.4) is 0 Å². The highest BCUT2D eigenvalue weighted by Crippen LogP contribution is 2.35. The molecule has 0 radical (unpaired) electrons. The van der Waals surface area contributed by atoms with Gasteiger partial charge in [0.25, 0.3) is 0 Å². The standard InChI is InChI=1S/C14H11Cl6N3O/c1-24-11-6-3-9(4-7-11)2-5-10-8-12(13(15,16)17)22-23(21-10)14(18,19)20/h2-8,21H,1H3. The minimum absolute atomic E-state index is 0.104. The molecule has 0 saturated heterocycles. The van der Waals surface area contributed by atoms with Crippen molar-refractivity contribution in [2.24, 2.45) is 5.10 Å². The Bertz CT molecular complexity index is 673. The van der Waals surface area contributed by atoms with Crippen LogP contribution < -0.4 is 10.2 Å². The van der Waals surface area contributed by atoms with E-state index in [4.69, 9.17) is 74.3 Å². The van der Waals surface area contributed by atoms with Crippen LogP contribution in [0.2, 0.25) is 0 Å². The van der Waals surface area contributed by atoms with E-state index >= 15 is 0 Å². The lowest BCUT2D eigenvalue weighted by atomic mass is 10.2. The molecule has 2 rings (SSSR count). The number of nitrogens with one attached hydrogen (secondary N) is 1. The minimum atomic E-state index is -1.87. The van der Waals surface area contributed by atoms with Crippen molar-refractivity contribution in [1.29, 1.82) is 0 Å². The molecule has 10 heteroatoms. The fourth-order valence-electron chi connectivity index (χ4n) is 1.71. The highest BCUT2D eigenvalue weighted by molar-refractivity contribution is 6.77. The summed E-state index contributed by atoms with van der Waals surface area (Å²) >= 11 is 35.1. The number of rotatable bonds is 3. The predicted octanol–water partition coefficient (Wildman–Crippen LogP) is 5.47. The van der Waals surface area contributed by atoms with Gasteiger partial charge in [-0.2, -0.15) is 10.2 Å². The van der Waals surface area contributed by atoms with Crippen LogP contribution in [0.5, 0.6) is 5.75 Å². The van der Waals surface area contributed by atoms with Crippen molar-refractivity contribution in [2.45, 2.75) is 7.71 Å². The highest BCUT2D eigenvalue weighted by Gasteiger charge is 2.36. The quantitative estimate of drug-likeness (QED) is 0.491. The molecule has 0 fully saturated rings. The van der Waals surface area contributed by atoms with Crippen molar-refractivity contribution >= 4 is 81.4 Å². The summed E-state index contributed by atoms with van der Waals surface area (Å²) in [6.45, 7) is 0. The number of ether oxygens (including phenoxy) is 1. The number of hydrazine groups is 1. The number of halogens is 6. The maximum Gasteiger partial charge on any atom is 0.301 e. The number of hydrogen-bond acceptors (Lipinski definition) is 4. The maximum absolute atomic E-state index is 5.88. The van der Waals surface area contributed by atoms with Gasteiger partial charge in [0.2, 0.25) is 3.79 Å². The molecule has 0 unspecified atom stereocenters. The Hall–Kier alpha value is -0.490. The third-order valence-corrected chi connectivity index (χ3v) is 3.90. The second kappa shape index (κ2) is 7.81. The van der Waals surface area contributed by atoms with Gasteiger partial charge in [0.1, 0.15) is 11.5 Å². The normalized spacial score (nSPS) is 15.9. The van der Waals surface area contributed by atoms with Gasteiger partial charge in [0.15, 0.2) is 0 Å². The monoisotopic (exact) mass is 447 g/mol. The molecule has 1 N–H and O–H groups in total. The molecule has 0 saturated carbocycles. The average Bonchev–Trinajstić information content (AvgIpc) is 2.51. The first-order chi connectivity index (χ1) is 11.1. The molecule has 1 aliphatic rings. The van der Waals surface area contributed by atoms with Crippen molar-refractivity contribution in [2.75, 3.05) is 7.11 Å². The fourth-order valence-corrected chi connectivity index (χ4v) is 2.23. The fraction of sp³-hybridized carbons (Fsp3) is 0.214. The molecule has 130 valence electrons. The molecule has 0 spiro atoms. The zero-order chi connectivity index (χ0) is 18.0. The minimum Gasteiger partial charge on any atom is -0.497 e. The topological polar surface area (TPSA) is 36.9 Å². The summed E-state index contributed by atoms with van der Waals surface area (Å²) < 4.78 is 1.47. The Morgan fingerprint density at radius 2 is 1.67 bits per heavy atom. The van der Waals surface area contributed by atoms with E-state index in [1.165, 1.54) is 0 Å². The maximum atomic E-state index is 5.88. The first kappa shape index (κ1) is 19.8. The molecule has 24 heavy (non-hydrogen) atoms. The van der Waals surface area contributed by atoms with Crippen LogP contribution in [0.15, 0.2) is 47.2 Å². The molecule has 0 aliphatic carbocycles. The number of hydrogen-bond donors (Lipinski definition) is 1. The molecule has 4 nitrogen and oxygen atoms in total. The lowest BCUT2D eigenvalue weighted by Gasteiger charge is -2.32. The first-order valence-corrected chi connectivity index (χ1v) is 8.69. The van der Waals surface area contributed by atoms with Gasteiger partial charge in [0, 0.05) is 0 Å². The predicted molar refractivity (Wildman–Crippen MR) is 103 cm³/mol. The van der Waals surface area contributed by atoms with E-state index < -0.39 is 7.71 Å². The van der Waals surface area contributed by atoms with E-state index in [0.717, 1.165) is 16.4 Å².